The number of rotatable bonds is 44. The Bertz CT molecular complexity index is 1570. The molecule has 0 amide bonds. The predicted molar refractivity (Wildman–Crippen MR) is 288 cm³/mol. The van der Waals surface area contributed by atoms with Crippen LogP contribution in [-0.2, 0) is 28.6 Å². The van der Waals surface area contributed by atoms with Crippen LogP contribution in [0.1, 0.15) is 188 Å². The molecule has 0 aliphatic rings. The highest BCUT2D eigenvalue weighted by Gasteiger charge is 2.19. The molecular weight excluding hydrogens is 829 g/mol. The zero-order chi connectivity index (χ0) is 48.6. The summed E-state index contributed by atoms with van der Waals surface area (Å²) in [5.74, 6) is -1.11. The lowest BCUT2D eigenvalue weighted by molar-refractivity contribution is -0.167. The summed E-state index contributed by atoms with van der Waals surface area (Å²) in [7, 11) is 0. The smallest absolute Gasteiger partial charge is 0.306 e. The fourth-order valence-electron chi connectivity index (χ4n) is 6.28. The van der Waals surface area contributed by atoms with Gasteiger partial charge in [-0.1, -0.05) is 217 Å². The van der Waals surface area contributed by atoms with Crippen molar-refractivity contribution in [2.75, 3.05) is 13.2 Å². The molecule has 0 spiro atoms. The number of ether oxygens (including phenoxy) is 3. The van der Waals surface area contributed by atoms with Crippen molar-refractivity contribution >= 4 is 17.9 Å². The van der Waals surface area contributed by atoms with Gasteiger partial charge in [-0.05, 0) is 109 Å². The van der Waals surface area contributed by atoms with Crippen LogP contribution in [0.2, 0.25) is 0 Å². The Morgan fingerprint density at radius 2 is 0.672 bits per heavy atom. The first-order valence-corrected chi connectivity index (χ1v) is 26.1. The topological polar surface area (TPSA) is 78.9 Å². The number of carbonyl (C=O) groups is 3. The van der Waals surface area contributed by atoms with E-state index in [4.69, 9.17) is 14.2 Å². The maximum absolute atomic E-state index is 12.8. The van der Waals surface area contributed by atoms with Gasteiger partial charge in [0.2, 0.25) is 0 Å². The second-order valence-electron chi connectivity index (χ2n) is 16.4. The lowest BCUT2D eigenvalue weighted by atomic mass is 10.1. The molecule has 0 heterocycles. The summed E-state index contributed by atoms with van der Waals surface area (Å²) in [6.07, 6.45) is 78.1. The molecule has 1 atom stereocenters. The van der Waals surface area contributed by atoms with E-state index in [9.17, 15) is 14.4 Å². The molecule has 0 aromatic heterocycles. The van der Waals surface area contributed by atoms with Gasteiger partial charge in [0.25, 0.3) is 0 Å². The van der Waals surface area contributed by atoms with Gasteiger partial charge in [0.05, 0.1) is 0 Å². The van der Waals surface area contributed by atoms with Gasteiger partial charge in [0, 0.05) is 19.3 Å². The second kappa shape index (κ2) is 53.6. The monoisotopic (exact) mass is 921 g/mol. The highest BCUT2D eigenvalue weighted by Crippen LogP contribution is 2.10. The fraction of sp³-hybridized carbons (Fsp3) is 0.525. The molecule has 6 heteroatoms. The number of carbonyl (C=O) groups excluding carboxylic acids is 3. The number of hydrogen-bond acceptors (Lipinski definition) is 6. The Morgan fingerprint density at radius 1 is 0.328 bits per heavy atom. The van der Waals surface area contributed by atoms with E-state index in [2.05, 4.69) is 130 Å². The first-order valence-electron chi connectivity index (χ1n) is 26.1. The summed E-state index contributed by atoms with van der Waals surface area (Å²) in [5.41, 5.74) is 0. The van der Waals surface area contributed by atoms with Crippen molar-refractivity contribution in [2.24, 2.45) is 0 Å². The van der Waals surface area contributed by atoms with Crippen LogP contribution in [0.25, 0.3) is 0 Å². The van der Waals surface area contributed by atoms with Gasteiger partial charge < -0.3 is 14.2 Å². The summed E-state index contributed by atoms with van der Waals surface area (Å²) < 4.78 is 16.7. The van der Waals surface area contributed by atoms with E-state index in [-0.39, 0.29) is 44.4 Å². The van der Waals surface area contributed by atoms with Crippen LogP contribution >= 0.6 is 0 Å². The van der Waals surface area contributed by atoms with Crippen molar-refractivity contribution < 1.29 is 28.6 Å². The molecule has 0 fully saturated rings. The van der Waals surface area contributed by atoms with Gasteiger partial charge in [-0.15, -0.1) is 0 Å². The van der Waals surface area contributed by atoms with Crippen molar-refractivity contribution in [1.29, 1.82) is 0 Å². The van der Waals surface area contributed by atoms with Crippen LogP contribution in [0.15, 0.2) is 158 Å². The van der Waals surface area contributed by atoms with Crippen LogP contribution in [0.5, 0.6) is 0 Å². The Kier molecular flexibility index (Phi) is 49.7. The Morgan fingerprint density at radius 3 is 1.15 bits per heavy atom. The molecule has 6 nitrogen and oxygen atoms in total. The van der Waals surface area contributed by atoms with Gasteiger partial charge in [-0.25, -0.2) is 0 Å². The van der Waals surface area contributed by atoms with Crippen molar-refractivity contribution in [3.05, 3.63) is 158 Å². The van der Waals surface area contributed by atoms with Crippen LogP contribution in [0, 0.1) is 0 Å². The summed E-state index contributed by atoms with van der Waals surface area (Å²) in [6.45, 7) is 6.21. The summed E-state index contributed by atoms with van der Waals surface area (Å²) >= 11 is 0. The number of esters is 3. The number of allylic oxidation sites excluding steroid dienone is 26. The van der Waals surface area contributed by atoms with Crippen molar-refractivity contribution in [1.82, 2.24) is 0 Å². The Labute approximate surface area is 409 Å². The third kappa shape index (κ3) is 51.9. The van der Waals surface area contributed by atoms with E-state index < -0.39 is 12.1 Å². The van der Waals surface area contributed by atoms with Gasteiger partial charge in [-0.3, -0.25) is 14.4 Å². The van der Waals surface area contributed by atoms with Crippen molar-refractivity contribution in [3.8, 4) is 0 Å². The minimum atomic E-state index is -0.853. The highest BCUT2D eigenvalue weighted by molar-refractivity contribution is 5.71. The van der Waals surface area contributed by atoms with Gasteiger partial charge >= 0.3 is 17.9 Å². The zero-order valence-electron chi connectivity index (χ0n) is 42.3. The summed E-state index contributed by atoms with van der Waals surface area (Å²) in [4.78, 5) is 38.0. The molecule has 0 aromatic carbocycles. The summed E-state index contributed by atoms with van der Waals surface area (Å²) in [6, 6.07) is 0. The molecule has 0 aliphatic carbocycles. The molecule has 0 radical (unpaired) electrons. The average Bonchev–Trinajstić information content (AvgIpc) is 3.33. The summed E-state index contributed by atoms with van der Waals surface area (Å²) in [5, 5.41) is 0. The van der Waals surface area contributed by atoms with Gasteiger partial charge in [0.1, 0.15) is 13.2 Å². The minimum absolute atomic E-state index is 0.146. The lowest BCUT2D eigenvalue weighted by Gasteiger charge is -2.18. The zero-order valence-corrected chi connectivity index (χ0v) is 42.3. The molecule has 0 rings (SSSR count). The number of unbranched alkanes of at least 4 members (excludes halogenated alkanes) is 11. The SMILES string of the molecule is CC\C=C/C=C\C=C/C=C\C=C/CCCCCC(=O)OCC(COC(=O)CCC/C=C\C/C=C\C/C=C\C/C=C\C/C=C\CC)OC(=O)CCC/C=C\C/C=C\C/C=C\CCCCCCCC. The molecule has 372 valence electrons. The first kappa shape index (κ1) is 62.0. The molecule has 0 saturated heterocycles. The highest BCUT2D eigenvalue weighted by atomic mass is 16.6. The van der Waals surface area contributed by atoms with E-state index in [0.717, 1.165) is 83.5 Å². The maximum atomic E-state index is 12.8. The van der Waals surface area contributed by atoms with E-state index >= 15 is 0 Å². The van der Waals surface area contributed by atoms with E-state index in [1.165, 1.54) is 44.9 Å². The quantitative estimate of drug-likeness (QED) is 0.0199. The normalized spacial score (nSPS) is 13.4. The average molecular weight is 921 g/mol. The molecule has 0 aromatic rings. The molecule has 0 saturated carbocycles. The Hall–Kier alpha value is -4.97. The van der Waals surface area contributed by atoms with E-state index in [1.54, 1.807) is 0 Å². The standard InChI is InChI=1S/C61H92O6/c1-4-7-10-13-16-19-22-25-28-30-33-36-39-42-45-48-51-54-60(63)66-57-58(56-65-59(62)53-50-47-44-41-38-35-32-27-24-21-18-15-12-9-6-3)67-61(64)55-52-49-46-43-40-37-34-31-29-26-23-20-17-14-11-8-5-2/h7,9-10,12,15-16,18-19,21,24-29,32-38,42-43,45-46,58H,4-6,8,11,13-14,17,20,22-23,30-31,39-41,44,47-57H2,1-3H3/b10-7-,12-9-,18-15-,19-16-,24-21-,28-25-,29-26-,32-27-,36-33-,37-34-,38-35-,45-42-,46-43-. The van der Waals surface area contributed by atoms with Gasteiger partial charge in [-0.2, -0.15) is 0 Å². The largest absolute Gasteiger partial charge is 0.462 e. The molecule has 67 heavy (non-hydrogen) atoms. The van der Waals surface area contributed by atoms with Crippen LogP contribution in [0.4, 0.5) is 0 Å². The van der Waals surface area contributed by atoms with E-state index in [1.807, 2.05) is 48.6 Å². The molecule has 0 bridgehead atoms. The molecule has 0 aliphatic heterocycles. The second-order valence-corrected chi connectivity index (χ2v) is 16.4. The minimum Gasteiger partial charge on any atom is -0.462 e. The Balaban J connectivity index is 4.67. The van der Waals surface area contributed by atoms with Crippen LogP contribution < -0.4 is 0 Å². The predicted octanol–water partition coefficient (Wildman–Crippen LogP) is 17.4. The fourth-order valence-corrected chi connectivity index (χ4v) is 6.28. The van der Waals surface area contributed by atoms with Crippen LogP contribution in [0.3, 0.4) is 0 Å². The lowest BCUT2D eigenvalue weighted by Crippen LogP contribution is -2.30. The first-order chi connectivity index (χ1) is 33.0. The molecule has 0 N–H and O–H groups in total. The van der Waals surface area contributed by atoms with Crippen molar-refractivity contribution in [3.63, 3.8) is 0 Å². The maximum Gasteiger partial charge on any atom is 0.306 e. The van der Waals surface area contributed by atoms with Crippen LogP contribution in [-0.4, -0.2) is 37.2 Å². The molecular formula is C61H92O6. The third-order valence-corrected chi connectivity index (χ3v) is 10.1. The van der Waals surface area contributed by atoms with E-state index in [0.29, 0.717) is 19.3 Å². The third-order valence-electron chi connectivity index (χ3n) is 10.1. The molecule has 1 unspecified atom stereocenters. The van der Waals surface area contributed by atoms with Crippen molar-refractivity contribution in [2.45, 2.75) is 194 Å². The van der Waals surface area contributed by atoms with Gasteiger partial charge in [0.15, 0.2) is 6.10 Å². The number of hydrogen-bond donors (Lipinski definition) is 0.